The molecule has 5 nitrogen and oxygen atoms in total. The Balaban J connectivity index is 1.78. The minimum atomic E-state index is -0.339. The monoisotopic (exact) mass is 340 g/mol. The lowest BCUT2D eigenvalue weighted by Crippen LogP contribution is -2.55. The summed E-state index contributed by atoms with van der Waals surface area (Å²) in [5.74, 6) is 0.0136. The minimum Gasteiger partial charge on any atom is -0.632 e. The summed E-state index contributed by atoms with van der Waals surface area (Å²) >= 11 is 0. The van der Waals surface area contributed by atoms with Crippen LogP contribution >= 0.6 is 0 Å². The third-order valence-electron chi connectivity index (χ3n) is 7.26. The van der Waals surface area contributed by atoms with Crippen molar-refractivity contribution in [1.82, 2.24) is 0 Å². The van der Waals surface area contributed by atoms with Crippen LogP contribution in [0.4, 0.5) is 5.69 Å². The number of nitrogens with zero attached hydrogens (tertiary/aromatic N) is 1. The van der Waals surface area contributed by atoms with Gasteiger partial charge in [0.25, 0.3) is 0 Å². The van der Waals surface area contributed by atoms with Crippen molar-refractivity contribution >= 4 is 11.7 Å². The Morgan fingerprint density at radius 3 is 3.00 bits per heavy atom. The SMILES string of the molecule is CC[C@@H]1C[C@@H]2CC(C(=O)OC)=C3Nc4ccccc4[C@]34CC[N+]1([O-])[C@H]24. The van der Waals surface area contributed by atoms with Crippen LogP contribution in [0.5, 0.6) is 0 Å². The van der Waals surface area contributed by atoms with Crippen molar-refractivity contribution in [2.45, 2.75) is 50.1 Å². The Morgan fingerprint density at radius 1 is 1.44 bits per heavy atom. The smallest absolute Gasteiger partial charge is 0.335 e. The highest BCUT2D eigenvalue weighted by Gasteiger charge is 2.70. The van der Waals surface area contributed by atoms with Crippen LogP contribution in [0.25, 0.3) is 0 Å². The molecule has 2 saturated heterocycles. The first-order valence-corrected chi connectivity index (χ1v) is 9.33. The number of ether oxygens (including phenoxy) is 1. The molecule has 0 amide bonds. The van der Waals surface area contributed by atoms with Crippen molar-refractivity contribution in [3.63, 3.8) is 0 Å². The van der Waals surface area contributed by atoms with Crippen molar-refractivity contribution < 1.29 is 14.2 Å². The predicted octanol–water partition coefficient (Wildman–Crippen LogP) is 3.07. The molecule has 0 saturated carbocycles. The Kier molecular flexibility index (Phi) is 3.00. The van der Waals surface area contributed by atoms with Crippen LogP contribution in [0.3, 0.4) is 0 Å². The highest BCUT2D eigenvalue weighted by atomic mass is 16.6. The maximum Gasteiger partial charge on any atom is 0.335 e. The summed E-state index contributed by atoms with van der Waals surface area (Å²) in [5, 5.41) is 17.4. The van der Waals surface area contributed by atoms with E-state index in [0.29, 0.717) is 13.0 Å². The van der Waals surface area contributed by atoms with Crippen LogP contribution in [0.1, 0.15) is 38.2 Å². The molecule has 1 aromatic carbocycles. The van der Waals surface area contributed by atoms with E-state index in [4.69, 9.17) is 4.74 Å². The van der Waals surface area contributed by atoms with Gasteiger partial charge in [0.05, 0.1) is 30.7 Å². The lowest BCUT2D eigenvalue weighted by molar-refractivity contribution is -0.907. The topological polar surface area (TPSA) is 61.4 Å². The highest BCUT2D eigenvalue weighted by molar-refractivity contribution is 5.92. The van der Waals surface area contributed by atoms with Gasteiger partial charge in [-0.15, -0.1) is 0 Å². The van der Waals surface area contributed by atoms with Gasteiger partial charge in [0.1, 0.15) is 6.04 Å². The van der Waals surface area contributed by atoms with Gasteiger partial charge in [0, 0.05) is 30.1 Å². The maximum atomic E-state index is 13.9. The Morgan fingerprint density at radius 2 is 2.24 bits per heavy atom. The molecular formula is C20H24N2O3. The number of fused-ring (bicyclic) bond motifs is 1. The fraction of sp³-hybridized carbons (Fsp3) is 0.550. The molecule has 25 heavy (non-hydrogen) atoms. The standard InChI is InChI=1S/C20H24N2O3/c1-3-13-10-12-11-14(19(23)25-2)17-20(8-9-22(13,24)18(12)20)15-6-4-5-7-16(15)21-17/h4-7,12-13,18,21H,3,8-11H2,1-2H3/t12-,13-,18-,20-,22?/m1/s1. The van der Waals surface area contributed by atoms with E-state index in [1.807, 2.05) is 12.1 Å². The Bertz CT molecular complexity index is 804. The number of para-hydroxylation sites is 1. The molecule has 1 aromatic rings. The first-order chi connectivity index (χ1) is 12.1. The summed E-state index contributed by atoms with van der Waals surface area (Å²) in [7, 11) is 1.45. The number of hydrogen-bond donors (Lipinski definition) is 1. The average molecular weight is 340 g/mol. The number of carbonyl (C=O) groups excluding carboxylic acids is 1. The van der Waals surface area contributed by atoms with Crippen LogP contribution in [0, 0.1) is 11.1 Å². The van der Waals surface area contributed by atoms with Crippen LogP contribution in [-0.2, 0) is 14.9 Å². The van der Waals surface area contributed by atoms with Crippen molar-refractivity contribution in [2.24, 2.45) is 5.92 Å². The van der Waals surface area contributed by atoms with Crippen molar-refractivity contribution in [3.8, 4) is 0 Å². The molecule has 2 fully saturated rings. The lowest BCUT2D eigenvalue weighted by atomic mass is 9.63. The molecule has 1 aliphatic carbocycles. The second kappa shape index (κ2) is 4.86. The van der Waals surface area contributed by atoms with Crippen molar-refractivity contribution in [2.75, 3.05) is 19.0 Å². The van der Waals surface area contributed by atoms with E-state index >= 15 is 0 Å². The molecule has 1 unspecified atom stereocenters. The number of quaternary nitrogens is 1. The number of esters is 1. The normalized spacial score (nSPS) is 40.4. The van der Waals surface area contributed by atoms with Gasteiger partial charge in [-0.2, -0.15) is 0 Å². The predicted molar refractivity (Wildman–Crippen MR) is 94.5 cm³/mol. The van der Waals surface area contributed by atoms with E-state index in [1.165, 1.54) is 12.7 Å². The fourth-order valence-electron chi connectivity index (χ4n) is 6.45. The summed E-state index contributed by atoms with van der Waals surface area (Å²) < 4.78 is 5.03. The second-order valence-electron chi connectivity index (χ2n) is 8.02. The molecule has 132 valence electrons. The quantitative estimate of drug-likeness (QED) is 0.511. The zero-order chi connectivity index (χ0) is 17.4. The maximum absolute atomic E-state index is 13.9. The first-order valence-electron chi connectivity index (χ1n) is 9.33. The zero-order valence-electron chi connectivity index (χ0n) is 14.7. The van der Waals surface area contributed by atoms with Crippen LogP contribution in [0.2, 0.25) is 0 Å². The van der Waals surface area contributed by atoms with E-state index in [0.717, 1.165) is 36.2 Å². The van der Waals surface area contributed by atoms with Gasteiger partial charge in [-0.05, 0) is 24.5 Å². The highest BCUT2D eigenvalue weighted by Crippen LogP contribution is 2.64. The number of benzene rings is 1. The Labute approximate surface area is 147 Å². The van der Waals surface area contributed by atoms with E-state index in [2.05, 4.69) is 24.4 Å². The summed E-state index contributed by atoms with van der Waals surface area (Å²) in [6.07, 6.45) is 3.30. The second-order valence-corrected chi connectivity index (χ2v) is 8.02. The number of hydroxylamine groups is 3. The summed E-state index contributed by atoms with van der Waals surface area (Å²) in [4.78, 5) is 12.5. The van der Waals surface area contributed by atoms with Crippen molar-refractivity contribution in [1.29, 1.82) is 0 Å². The van der Waals surface area contributed by atoms with Crippen LogP contribution in [0.15, 0.2) is 35.5 Å². The number of hydrogen-bond acceptors (Lipinski definition) is 4. The third kappa shape index (κ3) is 1.64. The molecule has 0 bridgehead atoms. The van der Waals surface area contributed by atoms with Gasteiger partial charge >= 0.3 is 5.97 Å². The van der Waals surface area contributed by atoms with Crippen molar-refractivity contribution in [3.05, 3.63) is 46.3 Å². The number of carbonyl (C=O) groups is 1. The average Bonchev–Trinajstić information content (AvgIpc) is 3.23. The summed E-state index contributed by atoms with van der Waals surface area (Å²) in [5.41, 5.74) is 3.62. The van der Waals surface area contributed by atoms with Gasteiger partial charge in [0.2, 0.25) is 0 Å². The van der Waals surface area contributed by atoms with Crippen LogP contribution < -0.4 is 5.32 Å². The van der Waals surface area contributed by atoms with Gasteiger partial charge in [0.15, 0.2) is 0 Å². The van der Waals surface area contributed by atoms with E-state index in [9.17, 15) is 10.0 Å². The first kappa shape index (κ1) is 15.4. The summed E-state index contributed by atoms with van der Waals surface area (Å²) in [6, 6.07) is 8.43. The molecule has 1 N–H and O–H groups in total. The molecule has 3 heterocycles. The molecule has 0 radical (unpaired) electrons. The molecule has 4 aliphatic rings. The van der Waals surface area contributed by atoms with E-state index < -0.39 is 0 Å². The van der Waals surface area contributed by atoms with Crippen LogP contribution in [-0.4, -0.2) is 36.4 Å². The number of nitrogens with one attached hydrogen (secondary N) is 1. The molecule has 5 atom stereocenters. The molecule has 5 heteroatoms. The summed E-state index contributed by atoms with van der Waals surface area (Å²) in [6.45, 7) is 2.77. The van der Waals surface area contributed by atoms with Gasteiger partial charge in [-0.3, -0.25) is 0 Å². The Hall–Kier alpha value is -1.85. The van der Waals surface area contributed by atoms with Gasteiger partial charge in [-0.25, -0.2) is 4.79 Å². The lowest BCUT2D eigenvalue weighted by Gasteiger charge is -2.49. The van der Waals surface area contributed by atoms with E-state index in [1.54, 1.807) is 0 Å². The molecule has 3 aliphatic heterocycles. The largest absolute Gasteiger partial charge is 0.632 e. The minimum absolute atomic E-state index is 0.0250. The molecule has 1 spiro atoms. The fourth-order valence-corrected chi connectivity index (χ4v) is 6.45. The molecular weight excluding hydrogens is 316 g/mol. The van der Waals surface area contributed by atoms with Gasteiger partial charge in [-0.1, -0.05) is 25.1 Å². The number of rotatable bonds is 2. The number of anilines is 1. The number of methoxy groups -OCH3 is 1. The molecule has 5 rings (SSSR count). The van der Waals surface area contributed by atoms with Gasteiger partial charge < -0.3 is 19.9 Å². The van der Waals surface area contributed by atoms with E-state index in [-0.39, 0.29) is 34.0 Å². The zero-order valence-corrected chi connectivity index (χ0v) is 14.7. The third-order valence-corrected chi connectivity index (χ3v) is 7.26. The molecule has 0 aromatic heterocycles.